The Hall–Kier alpha value is -1.97. The van der Waals surface area contributed by atoms with Crippen molar-refractivity contribution in [2.45, 2.75) is 69.6 Å². The number of rotatable bonds is 9. The van der Waals surface area contributed by atoms with Crippen LogP contribution in [0.5, 0.6) is 0 Å². The zero-order valence-corrected chi connectivity index (χ0v) is 23.7. The molecule has 1 fully saturated rings. The van der Waals surface area contributed by atoms with Crippen molar-refractivity contribution in [3.05, 3.63) is 69.7 Å². The lowest BCUT2D eigenvalue weighted by Gasteiger charge is -2.48. The quantitative estimate of drug-likeness (QED) is 0.458. The number of nitrogens with zero attached hydrogens (tertiary/aromatic N) is 1. The van der Waals surface area contributed by atoms with Crippen molar-refractivity contribution in [2.75, 3.05) is 12.4 Å². The molecule has 1 heterocycles. The van der Waals surface area contributed by atoms with Gasteiger partial charge in [-0.1, -0.05) is 54.4 Å². The molecular formula is C27H33Cl2NO6S. The molecule has 0 spiro atoms. The van der Waals surface area contributed by atoms with Crippen molar-refractivity contribution in [1.29, 1.82) is 0 Å². The number of hydrogen-bond donors (Lipinski definition) is 1. The Bertz CT molecular complexity index is 1230. The average Bonchev–Trinajstić information content (AvgIpc) is 2.83. The lowest BCUT2D eigenvalue weighted by molar-refractivity contribution is -0.180. The topological polar surface area (TPSA) is 101 Å². The van der Waals surface area contributed by atoms with Crippen LogP contribution >= 0.6 is 23.2 Å². The zero-order valence-electron chi connectivity index (χ0n) is 21.4. The standard InChI is InChI=1S/C27H33Cl2NO6S/c1-5-21(16-37(34,35)27(2,3)4)30-24(17-9-11-19(28)12-10-17)25(18-7-6-8-20(29)13-18)36-23(26(30)33)14-22(32)15-31/h6-13,21,23-25,31H,5,14-16H2,1-4H3/t21?,23-,24+,25+/m0/s1. The summed E-state index contributed by atoms with van der Waals surface area (Å²) in [6.07, 6.45) is -1.94. The van der Waals surface area contributed by atoms with Crippen LogP contribution in [0.1, 0.15) is 63.8 Å². The average molecular weight is 571 g/mol. The first-order valence-electron chi connectivity index (χ1n) is 12.1. The van der Waals surface area contributed by atoms with E-state index in [-0.39, 0.29) is 12.2 Å². The van der Waals surface area contributed by atoms with Crippen LogP contribution in [0.25, 0.3) is 0 Å². The van der Waals surface area contributed by atoms with E-state index in [9.17, 15) is 23.1 Å². The van der Waals surface area contributed by atoms with Crippen LogP contribution in [0.3, 0.4) is 0 Å². The summed E-state index contributed by atoms with van der Waals surface area (Å²) < 4.78 is 31.8. The van der Waals surface area contributed by atoms with Crippen LogP contribution < -0.4 is 0 Å². The van der Waals surface area contributed by atoms with Gasteiger partial charge in [0.1, 0.15) is 18.8 Å². The van der Waals surface area contributed by atoms with Crippen LogP contribution in [0.15, 0.2) is 48.5 Å². The van der Waals surface area contributed by atoms with Gasteiger partial charge in [0.05, 0.1) is 16.5 Å². The van der Waals surface area contributed by atoms with Gasteiger partial charge in [0.25, 0.3) is 5.91 Å². The summed E-state index contributed by atoms with van der Waals surface area (Å²) in [6, 6.07) is 12.5. The summed E-state index contributed by atoms with van der Waals surface area (Å²) in [5.74, 6) is -1.31. The highest BCUT2D eigenvalue weighted by Crippen LogP contribution is 2.45. The molecular weight excluding hydrogens is 537 g/mol. The first-order valence-corrected chi connectivity index (χ1v) is 14.5. The molecule has 202 valence electrons. The Morgan fingerprint density at radius 1 is 1.08 bits per heavy atom. The van der Waals surface area contributed by atoms with Crippen LogP contribution in [0.4, 0.5) is 0 Å². The van der Waals surface area contributed by atoms with Crippen molar-refractivity contribution in [3.63, 3.8) is 0 Å². The second kappa shape index (κ2) is 11.8. The molecule has 2 aromatic carbocycles. The smallest absolute Gasteiger partial charge is 0.253 e. The van der Waals surface area contributed by atoms with Crippen molar-refractivity contribution in [3.8, 4) is 0 Å². The molecule has 1 saturated heterocycles. The molecule has 0 bridgehead atoms. The Morgan fingerprint density at radius 3 is 2.27 bits per heavy atom. The number of benzene rings is 2. The van der Waals surface area contributed by atoms with E-state index in [4.69, 9.17) is 27.9 Å². The number of Topliss-reactive ketones (excluding diaryl/α,β-unsaturated/α-hetero) is 1. The number of halogens is 2. The van der Waals surface area contributed by atoms with E-state index >= 15 is 0 Å². The summed E-state index contributed by atoms with van der Waals surface area (Å²) in [7, 11) is -3.61. The number of aliphatic hydroxyl groups excluding tert-OH is 1. The molecule has 0 aliphatic carbocycles. The maximum atomic E-state index is 13.9. The number of carbonyl (C=O) groups excluding carboxylic acids is 2. The number of carbonyl (C=O) groups is 2. The molecule has 1 aliphatic rings. The van der Waals surface area contributed by atoms with E-state index in [0.29, 0.717) is 27.6 Å². The van der Waals surface area contributed by atoms with Crippen LogP contribution in [0.2, 0.25) is 10.0 Å². The highest BCUT2D eigenvalue weighted by Gasteiger charge is 2.48. The molecule has 0 saturated carbocycles. The number of ketones is 1. The van der Waals surface area contributed by atoms with Crippen LogP contribution in [-0.4, -0.2) is 59.4 Å². The largest absolute Gasteiger partial charge is 0.389 e. The van der Waals surface area contributed by atoms with Crippen molar-refractivity contribution < 1.29 is 27.9 Å². The fourth-order valence-electron chi connectivity index (χ4n) is 4.41. The summed E-state index contributed by atoms with van der Waals surface area (Å²) in [5.41, 5.74) is 1.36. The number of morpholine rings is 1. The predicted octanol–water partition coefficient (Wildman–Crippen LogP) is 4.95. The van der Waals surface area contributed by atoms with Gasteiger partial charge in [0.15, 0.2) is 15.6 Å². The monoisotopic (exact) mass is 569 g/mol. The molecule has 7 nitrogen and oxygen atoms in total. The minimum atomic E-state index is -3.61. The molecule has 37 heavy (non-hydrogen) atoms. The third-order valence-corrected chi connectivity index (χ3v) is 9.79. The Kier molecular flexibility index (Phi) is 9.46. The molecule has 2 aromatic rings. The minimum Gasteiger partial charge on any atom is -0.389 e. The van der Waals surface area contributed by atoms with Gasteiger partial charge in [-0.25, -0.2) is 8.42 Å². The summed E-state index contributed by atoms with van der Waals surface area (Å²) in [4.78, 5) is 27.7. The second-order valence-corrected chi connectivity index (χ2v) is 13.9. The minimum absolute atomic E-state index is 0.258. The molecule has 1 unspecified atom stereocenters. The van der Waals surface area contributed by atoms with Gasteiger partial charge >= 0.3 is 0 Å². The van der Waals surface area contributed by atoms with Gasteiger partial charge in [-0.2, -0.15) is 0 Å². The number of aliphatic hydroxyl groups is 1. The van der Waals surface area contributed by atoms with Gasteiger partial charge in [-0.05, 0) is 62.6 Å². The Balaban J connectivity index is 2.21. The maximum absolute atomic E-state index is 13.9. The molecule has 0 aromatic heterocycles. The van der Waals surface area contributed by atoms with Crippen molar-refractivity contribution >= 4 is 44.7 Å². The van der Waals surface area contributed by atoms with Gasteiger partial charge in [-0.15, -0.1) is 0 Å². The maximum Gasteiger partial charge on any atom is 0.253 e. The highest BCUT2D eigenvalue weighted by atomic mass is 35.5. The molecule has 1 aliphatic heterocycles. The van der Waals surface area contributed by atoms with E-state index in [0.717, 1.165) is 0 Å². The van der Waals surface area contributed by atoms with E-state index in [1.807, 2.05) is 13.0 Å². The van der Waals surface area contributed by atoms with E-state index in [1.165, 1.54) is 0 Å². The van der Waals surface area contributed by atoms with Gasteiger partial charge in [0, 0.05) is 22.5 Å². The van der Waals surface area contributed by atoms with Crippen LogP contribution in [-0.2, 0) is 24.2 Å². The van der Waals surface area contributed by atoms with E-state index in [2.05, 4.69) is 0 Å². The predicted molar refractivity (Wildman–Crippen MR) is 144 cm³/mol. The van der Waals surface area contributed by atoms with Crippen molar-refractivity contribution in [2.24, 2.45) is 0 Å². The van der Waals surface area contributed by atoms with E-state index < -0.39 is 57.2 Å². The van der Waals surface area contributed by atoms with Gasteiger partial charge in [-0.3, -0.25) is 9.59 Å². The molecule has 0 radical (unpaired) electrons. The summed E-state index contributed by atoms with van der Waals surface area (Å²) >= 11 is 12.4. The molecule has 1 amide bonds. The fourth-order valence-corrected chi connectivity index (χ4v) is 6.14. The fraction of sp³-hybridized carbons (Fsp3) is 0.481. The van der Waals surface area contributed by atoms with Gasteiger partial charge < -0.3 is 14.7 Å². The second-order valence-electron chi connectivity index (χ2n) is 10.2. The first-order chi connectivity index (χ1) is 17.3. The molecule has 10 heteroatoms. The summed E-state index contributed by atoms with van der Waals surface area (Å²) in [6.45, 7) is 5.98. The normalized spacial score (nSPS) is 21.6. The van der Waals surface area contributed by atoms with Crippen LogP contribution in [0, 0.1) is 0 Å². The number of amides is 1. The third-order valence-electron chi connectivity index (χ3n) is 6.61. The Morgan fingerprint density at radius 2 is 1.73 bits per heavy atom. The zero-order chi connectivity index (χ0) is 27.5. The highest BCUT2D eigenvalue weighted by molar-refractivity contribution is 7.92. The van der Waals surface area contributed by atoms with Gasteiger partial charge in [0.2, 0.25) is 0 Å². The molecule has 4 atom stereocenters. The Labute approximate surface area is 228 Å². The molecule has 3 rings (SSSR count). The van der Waals surface area contributed by atoms with E-state index in [1.54, 1.807) is 68.1 Å². The third kappa shape index (κ3) is 6.73. The summed E-state index contributed by atoms with van der Waals surface area (Å²) in [5, 5.41) is 10.3. The number of sulfone groups is 1. The SMILES string of the molecule is CCC(CS(=O)(=O)C(C)(C)C)N1C(=O)[C@H](CC(=O)CO)O[C@H](c2cccc(Cl)c2)[C@H]1c1ccc(Cl)cc1. The number of hydrogen-bond acceptors (Lipinski definition) is 6. The lowest BCUT2D eigenvalue weighted by Crippen LogP contribution is -2.57. The number of ether oxygens (including phenoxy) is 1. The first kappa shape index (κ1) is 29.6. The lowest BCUT2D eigenvalue weighted by atomic mass is 9.89. The van der Waals surface area contributed by atoms with Crippen molar-refractivity contribution in [1.82, 2.24) is 4.90 Å². The molecule has 1 N–H and O–H groups in total.